The monoisotopic (exact) mass is 424 g/mol. The van der Waals surface area contributed by atoms with Crippen LogP contribution in [-0.4, -0.2) is 31.3 Å². The van der Waals surface area contributed by atoms with E-state index in [9.17, 15) is 4.79 Å². The fourth-order valence-corrected chi connectivity index (χ4v) is 4.42. The van der Waals surface area contributed by atoms with Gasteiger partial charge in [0.1, 0.15) is 5.52 Å². The normalized spacial score (nSPS) is 11.3. The van der Waals surface area contributed by atoms with Gasteiger partial charge in [-0.05, 0) is 18.6 Å². The van der Waals surface area contributed by atoms with Crippen molar-refractivity contribution < 1.29 is 4.79 Å². The van der Waals surface area contributed by atoms with Crippen molar-refractivity contribution in [3.63, 3.8) is 0 Å². The zero-order chi connectivity index (χ0) is 21.2. The molecule has 0 saturated carbocycles. The molecule has 2 heterocycles. The van der Waals surface area contributed by atoms with E-state index in [1.807, 2.05) is 48.5 Å². The van der Waals surface area contributed by atoms with Gasteiger partial charge in [0.05, 0.1) is 11.3 Å². The standard InChI is InChI=1S/C25H20N4OS/c1-17-8-7-9-18(14-17)15-29-21-13-6-5-12-20(21)23-24(29)26-25(28-27-23)31-16-22(30)19-10-3-2-4-11-19/h2-14H,15-16H2,1H3. The molecule has 0 radical (unpaired) electrons. The van der Waals surface area contributed by atoms with Gasteiger partial charge in [0.2, 0.25) is 5.16 Å². The molecule has 0 aliphatic rings. The van der Waals surface area contributed by atoms with E-state index < -0.39 is 0 Å². The molecule has 0 amide bonds. The number of Topliss-reactive ketones (excluding diaryl/α,β-unsaturated/α-hetero) is 1. The van der Waals surface area contributed by atoms with Crippen LogP contribution in [0.2, 0.25) is 0 Å². The number of aromatic nitrogens is 4. The van der Waals surface area contributed by atoms with E-state index in [-0.39, 0.29) is 11.5 Å². The third kappa shape index (κ3) is 3.94. The minimum Gasteiger partial charge on any atom is -0.319 e. The van der Waals surface area contributed by atoms with E-state index in [0.29, 0.717) is 17.3 Å². The number of hydrogen-bond donors (Lipinski definition) is 0. The Kier molecular flexibility index (Phi) is 5.22. The molecule has 0 fully saturated rings. The summed E-state index contributed by atoms with van der Waals surface area (Å²) in [7, 11) is 0. The van der Waals surface area contributed by atoms with Crippen LogP contribution in [0.5, 0.6) is 0 Å². The lowest BCUT2D eigenvalue weighted by atomic mass is 10.1. The number of hydrogen-bond acceptors (Lipinski definition) is 5. The lowest BCUT2D eigenvalue weighted by Gasteiger charge is -2.08. The lowest BCUT2D eigenvalue weighted by Crippen LogP contribution is -2.05. The Bertz CT molecular complexity index is 1400. The smallest absolute Gasteiger partial charge is 0.211 e. The van der Waals surface area contributed by atoms with Gasteiger partial charge < -0.3 is 4.57 Å². The number of carbonyl (C=O) groups is 1. The Morgan fingerprint density at radius 1 is 0.935 bits per heavy atom. The minimum atomic E-state index is 0.0506. The number of para-hydroxylation sites is 1. The third-order valence-electron chi connectivity index (χ3n) is 5.21. The predicted molar refractivity (Wildman–Crippen MR) is 125 cm³/mol. The van der Waals surface area contributed by atoms with Crippen LogP contribution in [0, 0.1) is 6.92 Å². The number of rotatable bonds is 6. The van der Waals surface area contributed by atoms with Crippen molar-refractivity contribution in [1.82, 2.24) is 19.7 Å². The zero-order valence-corrected chi connectivity index (χ0v) is 17.8. The molecule has 0 spiro atoms. The summed E-state index contributed by atoms with van der Waals surface area (Å²) in [5.41, 5.74) is 5.76. The van der Waals surface area contributed by atoms with E-state index >= 15 is 0 Å². The number of nitrogens with zero attached hydrogens (tertiary/aromatic N) is 4. The number of aryl methyl sites for hydroxylation is 1. The molecule has 0 atom stereocenters. The van der Waals surface area contributed by atoms with Crippen LogP contribution >= 0.6 is 11.8 Å². The third-order valence-corrected chi connectivity index (χ3v) is 6.04. The first-order chi connectivity index (χ1) is 15.2. The maximum absolute atomic E-state index is 12.5. The quantitative estimate of drug-likeness (QED) is 0.273. The first-order valence-electron chi connectivity index (χ1n) is 10.1. The number of thioether (sulfide) groups is 1. The summed E-state index contributed by atoms with van der Waals surface area (Å²) >= 11 is 1.32. The van der Waals surface area contributed by atoms with Crippen LogP contribution in [0.3, 0.4) is 0 Å². The summed E-state index contributed by atoms with van der Waals surface area (Å²) in [5.74, 6) is 0.324. The zero-order valence-electron chi connectivity index (χ0n) is 17.0. The molecule has 5 nitrogen and oxygen atoms in total. The second-order valence-electron chi connectivity index (χ2n) is 7.44. The Balaban J connectivity index is 1.51. The van der Waals surface area contributed by atoms with Crippen molar-refractivity contribution in [3.05, 3.63) is 95.6 Å². The van der Waals surface area contributed by atoms with Gasteiger partial charge in [0.15, 0.2) is 11.4 Å². The molecule has 2 aromatic heterocycles. The van der Waals surface area contributed by atoms with Crippen LogP contribution in [0.25, 0.3) is 22.1 Å². The van der Waals surface area contributed by atoms with Crippen LogP contribution in [-0.2, 0) is 6.54 Å². The topological polar surface area (TPSA) is 60.7 Å². The second kappa shape index (κ2) is 8.32. The molecule has 0 saturated heterocycles. The van der Waals surface area contributed by atoms with Crippen LogP contribution < -0.4 is 0 Å². The Hall–Kier alpha value is -3.51. The second-order valence-corrected chi connectivity index (χ2v) is 8.38. The highest BCUT2D eigenvalue weighted by Crippen LogP contribution is 2.28. The summed E-state index contributed by atoms with van der Waals surface area (Å²) in [6.07, 6.45) is 0. The highest BCUT2D eigenvalue weighted by molar-refractivity contribution is 7.99. The number of ketones is 1. The fourth-order valence-electron chi connectivity index (χ4n) is 3.74. The van der Waals surface area contributed by atoms with Crippen LogP contribution in [0.4, 0.5) is 0 Å². The summed E-state index contributed by atoms with van der Waals surface area (Å²) in [5, 5.41) is 10.3. The van der Waals surface area contributed by atoms with Gasteiger partial charge >= 0.3 is 0 Å². The molecule has 0 bridgehead atoms. The lowest BCUT2D eigenvalue weighted by molar-refractivity contribution is 0.102. The van der Waals surface area contributed by atoms with Crippen molar-refractivity contribution in [1.29, 1.82) is 0 Å². The molecule has 5 rings (SSSR count). The Labute approximate surface area is 184 Å². The van der Waals surface area contributed by atoms with Gasteiger partial charge in [-0.15, -0.1) is 10.2 Å². The van der Waals surface area contributed by atoms with Crippen molar-refractivity contribution in [3.8, 4) is 0 Å². The van der Waals surface area contributed by atoms with Gasteiger partial charge in [-0.1, -0.05) is 90.1 Å². The van der Waals surface area contributed by atoms with Crippen molar-refractivity contribution >= 4 is 39.6 Å². The fraction of sp³-hybridized carbons (Fsp3) is 0.120. The molecule has 6 heteroatoms. The van der Waals surface area contributed by atoms with Gasteiger partial charge in [-0.2, -0.15) is 0 Å². The van der Waals surface area contributed by atoms with Gasteiger partial charge in [0, 0.05) is 17.5 Å². The predicted octanol–water partition coefficient (Wildman–Crippen LogP) is 5.31. The molecule has 0 unspecified atom stereocenters. The summed E-state index contributed by atoms with van der Waals surface area (Å²) in [6.45, 7) is 2.79. The molecule has 31 heavy (non-hydrogen) atoms. The highest BCUT2D eigenvalue weighted by atomic mass is 32.2. The van der Waals surface area contributed by atoms with Gasteiger partial charge in [-0.3, -0.25) is 4.79 Å². The molecule has 3 aromatic carbocycles. The maximum atomic E-state index is 12.5. The largest absolute Gasteiger partial charge is 0.319 e. The average Bonchev–Trinajstić information content (AvgIpc) is 3.11. The van der Waals surface area contributed by atoms with E-state index in [4.69, 9.17) is 4.98 Å². The summed E-state index contributed by atoms with van der Waals surface area (Å²) in [4.78, 5) is 17.3. The van der Waals surface area contributed by atoms with E-state index in [0.717, 1.165) is 22.1 Å². The molecule has 152 valence electrons. The van der Waals surface area contributed by atoms with Gasteiger partial charge in [-0.25, -0.2) is 4.98 Å². The molecular weight excluding hydrogens is 404 g/mol. The molecule has 5 aromatic rings. The summed E-state index contributed by atoms with van der Waals surface area (Å²) in [6, 6.07) is 25.9. The number of fused-ring (bicyclic) bond motifs is 3. The molecule has 0 N–H and O–H groups in total. The van der Waals surface area contributed by atoms with Crippen LogP contribution in [0.1, 0.15) is 21.5 Å². The van der Waals surface area contributed by atoms with Gasteiger partial charge in [0.25, 0.3) is 0 Å². The van der Waals surface area contributed by atoms with E-state index in [1.54, 1.807) is 0 Å². The molecule has 0 aliphatic carbocycles. The first kappa shape index (κ1) is 19.5. The van der Waals surface area contributed by atoms with E-state index in [2.05, 4.69) is 52.0 Å². The highest BCUT2D eigenvalue weighted by Gasteiger charge is 2.16. The summed E-state index contributed by atoms with van der Waals surface area (Å²) < 4.78 is 2.18. The van der Waals surface area contributed by atoms with Crippen molar-refractivity contribution in [2.24, 2.45) is 0 Å². The molecule has 0 aliphatic heterocycles. The van der Waals surface area contributed by atoms with Crippen molar-refractivity contribution in [2.75, 3.05) is 5.75 Å². The SMILES string of the molecule is Cc1cccc(Cn2c3ccccc3c3nnc(SCC(=O)c4ccccc4)nc32)c1. The van der Waals surface area contributed by atoms with Crippen molar-refractivity contribution in [2.45, 2.75) is 18.6 Å². The maximum Gasteiger partial charge on any atom is 0.211 e. The Morgan fingerprint density at radius 3 is 2.58 bits per heavy atom. The van der Waals surface area contributed by atoms with E-state index in [1.165, 1.54) is 22.9 Å². The molecular formula is C25H20N4OS. The first-order valence-corrected chi connectivity index (χ1v) is 11.1. The Morgan fingerprint density at radius 2 is 1.74 bits per heavy atom. The number of carbonyl (C=O) groups excluding carboxylic acids is 1. The minimum absolute atomic E-state index is 0.0506. The number of benzene rings is 3. The van der Waals surface area contributed by atoms with Crippen LogP contribution in [0.15, 0.2) is 84.0 Å². The average molecular weight is 425 g/mol.